The summed E-state index contributed by atoms with van der Waals surface area (Å²) < 4.78 is 10.1. The molecular formula is C12H19ClN2O4. The topological polar surface area (TPSA) is 71.8 Å². The molecule has 0 saturated heterocycles. The van der Waals surface area contributed by atoms with Gasteiger partial charge in [0.25, 0.3) is 0 Å². The number of amides is 1. The molecule has 1 heterocycles. The molecule has 0 fully saturated rings. The van der Waals surface area contributed by atoms with Crippen LogP contribution in [-0.4, -0.2) is 44.5 Å². The van der Waals surface area contributed by atoms with Crippen LogP contribution in [0.4, 0.5) is 0 Å². The van der Waals surface area contributed by atoms with Crippen LogP contribution in [0.25, 0.3) is 0 Å². The first-order chi connectivity index (χ1) is 8.49. The van der Waals surface area contributed by atoms with E-state index in [0.29, 0.717) is 23.6 Å². The van der Waals surface area contributed by atoms with Gasteiger partial charge in [0.1, 0.15) is 17.1 Å². The van der Waals surface area contributed by atoms with Gasteiger partial charge in [0.15, 0.2) is 0 Å². The van der Waals surface area contributed by atoms with Crippen molar-refractivity contribution in [2.75, 3.05) is 27.7 Å². The highest BCUT2D eigenvalue weighted by molar-refractivity contribution is 5.90. The zero-order valence-electron chi connectivity index (χ0n) is 11.5. The molecule has 0 spiro atoms. The minimum Gasteiger partial charge on any atom is -0.465 e. The fraction of sp³-hybridized carbons (Fsp3) is 0.500. The predicted octanol–water partition coefficient (Wildman–Crippen LogP) is 0.974. The molecule has 1 aromatic rings. The molecule has 1 N–H and O–H groups in total. The number of ether oxygens (including phenoxy) is 1. The summed E-state index contributed by atoms with van der Waals surface area (Å²) in [6.07, 6.45) is 0. The van der Waals surface area contributed by atoms with Crippen LogP contribution in [0.5, 0.6) is 0 Å². The Morgan fingerprint density at radius 2 is 2.11 bits per heavy atom. The van der Waals surface area contributed by atoms with E-state index in [1.54, 1.807) is 27.1 Å². The Kier molecular flexibility index (Phi) is 7.18. The molecule has 0 aliphatic rings. The molecule has 7 heteroatoms. The highest BCUT2D eigenvalue weighted by atomic mass is 35.5. The van der Waals surface area contributed by atoms with Gasteiger partial charge in [-0.05, 0) is 20.0 Å². The molecule has 1 rings (SSSR count). The second kappa shape index (κ2) is 7.81. The summed E-state index contributed by atoms with van der Waals surface area (Å²) in [5.41, 5.74) is 0.391. The van der Waals surface area contributed by atoms with Gasteiger partial charge in [-0.1, -0.05) is 0 Å². The second-order valence-electron chi connectivity index (χ2n) is 3.95. The maximum Gasteiger partial charge on any atom is 0.341 e. The Morgan fingerprint density at radius 3 is 2.63 bits per heavy atom. The molecular weight excluding hydrogens is 272 g/mol. The number of nitrogens with one attached hydrogen (secondary N) is 1. The molecule has 0 aliphatic carbocycles. The van der Waals surface area contributed by atoms with Crippen molar-refractivity contribution in [3.8, 4) is 0 Å². The molecule has 0 radical (unpaired) electrons. The highest BCUT2D eigenvalue weighted by Gasteiger charge is 2.17. The number of carbonyl (C=O) groups is 2. The van der Waals surface area contributed by atoms with Gasteiger partial charge >= 0.3 is 5.97 Å². The fourth-order valence-corrected chi connectivity index (χ4v) is 1.54. The first-order valence-corrected chi connectivity index (χ1v) is 5.55. The van der Waals surface area contributed by atoms with Crippen LogP contribution < -0.4 is 5.32 Å². The number of carbonyl (C=O) groups excluding carboxylic acids is 2. The molecule has 0 aliphatic heterocycles. The van der Waals surface area contributed by atoms with Crippen molar-refractivity contribution >= 4 is 24.3 Å². The van der Waals surface area contributed by atoms with Crippen molar-refractivity contribution in [1.29, 1.82) is 0 Å². The maximum atomic E-state index is 11.6. The van der Waals surface area contributed by atoms with Crippen molar-refractivity contribution in [3.63, 3.8) is 0 Å². The van der Waals surface area contributed by atoms with E-state index in [1.807, 2.05) is 0 Å². The van der Waals surface area contributed by atoms with Crippen LogP contribution in [0.3, 0.4) is 0 Å². The number of esters is 1. The van der Waals surface area contributed by atoms with Crippen molar-refractivity contribution in [2.45, 2.75) is 13.5 Å². The zero-order valence-corrected chi connectivity index (χ0v) is 12.3. The summed E-state index contributed by atoms with van der Waals surface area (Å²) in [7, 11) is 4.70. The third-order valence-electron chi connectivity index (χ3n) is 2.52. The van der Waals surface area contributed by atoms with Crippen molar-refractivity contribution in [1.82, 2.24) is 10.2 Å². The van der Waals surface area contributed by atoms with Gasteiger partial charge in [-0.2, -0.15) is 0 Å². The van der Waals surface area contributed by atoms with Crippen LogP contribution in [-0.2, 0) is 16.1 Å². The van der Waals surface area contributed by atoms with Gasteiger partial charge in [0.05, 0.1) is 20.2 Å². The average Bonchev–Trinajstić information content (AvgIpc) is 2.69. The van der Waals surface area contributed by atoms with Crippen molar-refractivity contribution in [3.05, 3.63) is 23.2 Å². The Bertz CT molecular complexity index is 445. The monoisotopic (exact) mass is 290 g/mol. The standard InChI is InChI=1S/C12H18N2O4.ClH/c1-8-10(12(16)17-4)5-9(18-8)7-14(3)11(15)6-13-2;/h5,13H,6-7H2,1-4H3;1H. The molecule has 1 aromatic heterocycles. The van der Waals surface area contributed by atoms with E-state index in [1.165, 1.54) is 12.0 Å². The van der Waals surface area contributed by atoms with Gasteiger partial charge in [-0.25, -0.2) is 4.79 Å². The summed E-state index contributed by atoms with van der Waals surface area (Å²) in [5.74, 6) is 0.559. The highest BCUT2D eigenvalue weighted by Crippen LogP contribution is 2.16. The number of hydrogen-bond donors (Lipinski definition) is 1. The molecule has 0 atom stereocenters. The SMILES string of the molecule is CNCC(=O)N(C)Cc1cc(C(=O)OC)c(C)o1.Cl. The molecule has 6 nitrogen and oxygen atoms in total. The summed E-state index contributed by atoms with van der Waals surface area (Å²) in [4.78, 5) is 24.5. The zero-order chi connectivity index (χ0) is 13.7. The minimum atomic E-state index is -0.438. The third-order valence-corrected chi connectivity index (χ3v) is 2.52. The Morgan fingerprint density at radius 1 is 1.47 bits per heavy atom. The molecule has 0 saturated carbocycles. The largest absolute Gasteiger partial charge is 0.465 e. The summed E-state index contributed by atoms with van der Waals surface area (Å²) >= 11 is 0. The first kappa shape index (κ1) is 17.5. The smallest absolute Gasteiger partial charge is 0.341 e. The van der Waals surface area contributed by atoms with Crippen molar-refractivity contribution in [2.24, 2.45) is 0 Å². The van der Waals surface area contributed by atoms with Crippen molar-refractivity contribution < 1.29 is 18.7 Å². The van der Waals surface area contributed by atoms with Crippen LogP contribution in [0.15, 0.2) is 10.5 Å². The van der Waals surface area contributed by atoms with Gasteiger partial charge in [0.2, 0.25) is 5.91 Å². The number of furan rings is 1. The van der Waals surface area contributed by atoms with Crippen LogP contribution in [0.2, 0.25) is 0 Å². The van der Waals surface area contributed by atoms with E-state index >= 15 is 0 Å². The summed E-state index contributed by atoms with van der Waals surface area (Å²) in [6, 6.07) is 1.60. The average molecular weight is 291 g/mol. The minimum absolute atomic E-state index is 0. The number of nitrogens with zero attached hydrogens (tertiary/aromatic N) is 1. The quantitative estimate of drug-likeness (QED) is 0.818. The molecule has 108 valence electrons. The lowest BCUT2D eigenvalue weighted by molar-refractivity contribution is -0.129. The number of hydrogen-bond acceptors (Lipinski definition) is 5. The van der Waals surface area contributed by atoms with E-state index < -0.39 is 5.97 Å². The van der Waals surface area contributed by atoms with Gasteiger partial charge in [-0.3, -0.25) is 4.79 Å². The first-order valence-electron chi connectivity index (χ1n) is 5.55. The third kappa shape index (κ3) is 4.57. The van der Waals surface area contributed by atoms with Crippen LogP contribution >= 0.6 is 12.4 Å². The predicted molar refractivity (Wildman–Crippen MR) is 72.4 cm³/mol. The van der Waals surface area contributed by atoms with E-state index in [9.17, 15) is 9.59 Å². The molecule has 0 bridgehead atoms. The van der Waals surface area contributed by atoms with Gasteiger partial charge in [-0.15, -0.1) is 12.4 Å². The molecule has 0 unspecified atom stereocenters. The summed E-state index contributed by atoms with van der Waals surface area (Å²) in [5, 5.41) is 2.78. The Balaban J connectivity index is 0.00000324. The molecule has 1 amide bonds. The van der Waals surface area contributed by atoms with E-state index in [2.05, 4.69) is 10.1 Å². The number of rotatable bonds is 5. The fourth-order valence-electron chi connectivity index (χ4n) is 1.54. The van der Waals surface area contributed by atoms with E-state index in [0.717, 1.165) is 0 Å². The normalized spacial score (nSPS) is 9.68. The number of aryl methyl sites for hydroxylation is 1. The van der Waals surface area contributed by atoms with Crippen LogP contribution in [0, 0.1) is 6.92 Å². The van der Waals surface area contributed by atoms with E-state index in [-0.39, 0.29) is 24.9 Å². The lowest BCUT2D eigenvalue weighted by Crippen LogP contribution is -2.33. The molecule has 19 heavy (non-hydrogen) atoms. The molecule has 0 aromatic carbocycles. The Hall–Kier alpha value is -1.53. The summed E-state index contributed by atoms with van der Waals surface area (Å²) in [6.45, 7) is 2.27. The maximum absolute atomic E-state index is 11.6. The lowest BCUT2D eigenvalue weighted by Gasteiger charge is -2.15. The van der Waals surface area contributed by atoms with E-state index in [4.69, 9.17) is 4.42 Å². The lowest BCUT2D eigenvalue weighted by atomic mass is 10.2. The Labute approximate surface area is 118 Å². The van der Waals surface area contributed by atoms with Gasteiger partial charge in [0, 0.05) is 7.05 Å². The van der Waals surface area contributed by atoms with Crippen LogP contribution in [0.1, 0.15) is 21.9 Å². The van der Waals surface area contributed by atoms with Gasteiger partial charge < -0.3 is 19.4 Å². The second-order valence-corrected chi connectivity index (χ2v) is 3.95. The number of methoxy groups -OCH3 is 1. The number of likely N-dealkylation sites (N-methyl/N-ethyl adjacent to an activating group) is 2. The number of halogens is 1.